The van der Waals surface area contributed by atoms with Gasteiger partial charge in [-0.25, -0.2) is 0 Å². The van der Waals surface area contributed by atoms with Crippen LogP contribution < -0.4 is 5.32 Å². The molecule has 0 aliphatic rings. The average Bonchev–Trinajstić information content (AvgIpc) is 2.31. The van der Waals surface area contributed by atoms with E-state index >= 15 is 0 Å². The van der Waals surface area contributed by atoms with Gasteiger partial charge in [-0.1, -0.05) is 31.0 Å². The van der Waals surface area contributed by atoms with Gasteiger partial charge in [0, 0.05) is 11.6 Å². The fourth-order valence-electron chi connectivity index (χ4n) is 2.07. The quantitative estimate of drug-likeness (QED) is 0.828. The maximum Gasteiger partial charge on any atom is 0.304 e. The topological polar surface area (TPSA) is 66.4 Å². The zero-order valence-corrected chi connectivity index (χ0v) is 11.7. The summed E-state index contributed by atoms with van der Waals surface area (Å²) in [6, 6.07) is 5.77. The van der Waals surface area contributed by atoms with Gasteiger partial charge in [0.15, 0.2) is 0 Å². The van der Waals surface area contributed by atoms with Gasteiger partial charge in [0.25, 0.3) is 0 Å². The number of hydrogen-bond donors (Lipinski definition) is 2. The molecule has 4 nitrogen and oxygen atoms in total. The summed E-state index contributed by atoms with van der Waals surface area (Å²) >= 11 is 0. The number of anilines is 1. The van der Waals surface area contributed by atoms with E-state index in [2.05, 4.69) is 5.32 Å². The number of aliphatic carboxylic acids is 1. The van der Waals surface area contributed by atoms with Gasteiger partial charge < -0.3 is 10.4 Å². The molecule has 19 heavy (non-hydrogen) atoms. The second-order valence-electron chi connectivity index (χ2n) is 4.89. The van der Waals surface area contributed by atoms with E-state index in [1.54, 1.807) is 0 Å². The molecular weight excluding hydrogens is 242 g/mol. The Morgan fingerprint density at radius 3 is 2.53 bits per heavy atom. The molecule has 0 aromatic heterocycles. The molecule has 0 radical (unpaired) electrons. The van der Waals surface area contributed by atoms with Gasteiger partial charge in [0.05, 0.1) is 6.42 Å². The van der Waals surface area contributed by atoms with Crippen LogP contribution in [0.3, 0.4) is 0 Å². The lowest BCUT2D eigenvalue weighted by Crippen LogP contribution is -2.25. The maximum absolute atomic E-state index is 12.1. The van der Waals surface area contributed by atoms with Gasteiger partial charge in [-0.3, -0.25) is 9.59 Å². The van der Waals surface area contributed by atoms with Crippen molar-refractivity contribution in [3.05, 3.63) is 29.3 Å². The lowest BCUT2D eigenvalue weighted by atomic mass is 9.98. The number of carboxylic acid groups (broad SMARTS) is 1. The first-order chi connectivity index (χ1) is 8.93. The van der Waals surface area contributed by atoms with Crippen LogP contribution >= 0.6 is 0 Å². The second-order valence-corrected chi connectivity index (χ2v) is 4.89. The predicted octanol–water partition coefficient (Wildman–Crippen LogP) is 3.13. The summed E-state index contributed by atoms with van der Waals surface area (Å²) in [5, 5.41) is 11.7. The van der Waals surface area contributed by atoms with Crippen LogP contribution in [0.4, 0.5) is 5.69 Å². The van der Waals surface area contributed by atoms with Crippen LogP contribution in [0, 0.1) is 19.8 Å². The Hall–Kier alpha value is -1.84. The summed E-state index contributed by atoms with van der Waals surface area (Å²) in [6.45, 7) is 5.86. The molecule has 0 bridgehead atoms. The minimum Gasteiger partial charge on any atom is -0.481 e. The van der Waals surface area contributed by atoms with Gasteiger partial charge >= 0.3 is 5.97 Å². The average molecular weight is 263 g/mol. The van der Waals surface area contributed by atoms with Gasteiger partial charge in [-0.05, 0) is 31.9 Å². The number of carboxylic acids is 1. The summed E-state index contributed by atoms with van der Waals surface area (Å²) in [5.41, 5.74) is 2.87. The van der Waals surface area contributed by atoms with Crippen LogP contribution in [-0.4, -0.2) is 17.0 Å². The van der Waals surface area contributed by atoms with Crippen molar-refractivity contribution < 1.29 is 14.7 Å². The fourth-order valence-corrected chi connectivity index (χ4v) is 2.07. The van der Waals surface area contributed by atoms with Crippen LogP contribution in [0.25, 0.3) is 0 Å². The Kier molecular flexibility index (Phi) is 5.55. The highest BCUT2D eigenvalue weighted by molar-refractivity contribution is 5.95. The van der Waals surface area contributed by atoms with Gasteiger partial charge in [-0.2, -0.15) is 0 Å². The van der Waals surface area contributed by atoms with E-state index in [0.717, 1.165) is 23.2 Å². The summed E-state index contributed by atoms with van der Waals surface area (Å²) in [4.78, 5) is 22.9. The van der Waals surface area contributed by atoms with Crippen LogP contribution in [0.15, 0.2) is 18.2 Å². The first-order valence-corrected chi connectivity index (χ1v) is 6.54. The van der Waals surface area contributed by atoms with Crippen molar-refractivity contribution in [3.63, 3.8) is 0 Å². The van der Waals surface area contributed by atoms with E-state index < -0.39 is 11.9 Å². The molecule has 0 saturated carbocycles. The highest BCUT2D eigenvalue weighted by Crippen LogP contribution is 2.19. The Morgan fingerprint density at radius 2 is 2.00 bits per heavy atom. The van der Waals surface area contributed by atoms with Gasteiger partial charge in [0.1, 0.15) is 0 Å². The van der Waals surface area contributed by atoms with Crippen molar-refractivity contribution in [2.24, 2.45) is 5.92 Å². The standard InChI is InChI=1S/C15H21NO3/c1-4-5-12(9-14(17)18)15(19)16-13-7-6-10(2)8-11(13)3/h6-8,12H,4-5,9H2,1-3H3,(H,16,19)(H,17,18). The molecule has 4 heteroatoms. The molecule has 1 rings (SSSR count). The second kappa shape index (κ2) is 6.92. The maximum atomic E-state index is 12.1. The zero-order valence-electron chi connectivity index (χ0n) is 11.7. The molecule has 2 N–H and O–H groups in total. The Morgan fingerprint density at radius 1 is 1.32 bits per heavy atom. The largest absolute Gasteiger partial charge is 0.481 e. The van der Waals surface area contributed by atoms with Crippen molar-refractivity contribution in [1.29, 1.82) is 0 Å². The number of benzene rings is 1. The molecule has 0 saturated heterocycles. The Bertz CT molecular complexity index is 468. The molecule has 0 aliphatic carbocycles. The Labute approximate surface area is 113 Å². The van der Waals surface area contributed by atoms with Crippen LogP contribution in [0.5, 0.6) is 0 Å². The van der Waals surface area contributed by atoms with Crippen molar-refractivity contribution >= 4 is 17.6 Å². The van der Waals surface area contributed by atoms with Crippen molar-refractivity contribution in [2.75, 3.05) is 5.32 Å². The lowest BCUT2D eigenvalue weighted by molar-refractivity contribution is -0.140. The third kappa shape index (κ3) is 4.73. The number of rotatable bonds is 6. The number of aryl methyl sites for hydroxylation is 2. The number of carbonyl (C=O) groups is 2. The van der Waals surface area contributed by atoms with Crippen molar-refractivity contribution in [2.45, 2.75) is 40.0 Å². The third-order valence-corrected chi connectivity index (χ3v) is 3.07. The molecule has 1 amide bonds. The van der Waals surface area contributed by atoms with E-state index in [9.17, 15) is 9.59 Å². The highest BCUT2D eigenvalue weighted by Gasteiger charge is 2.21. The number of amides is 1. The first-order valence-electron chi connectivity index (χ1n) is 6.54. The molecule has 1 aromatic rings. The zero-order chi connectivity index (χ0) is 14.4. The van der Waals surface area contributed by atoms with Crippen LogP contribution in [0.1, 0.15) is 37.3 Å². The van der Waals surface area contributed by atoms with Gasteiger partial charge in [-0.15, -0.1) is 0 Å². The minimum absolute atomic E-state index is 0.120. The molecule has 1 aromatic carbocycles. The van der Waals surface area contributed by atoms with E-state index in [-0.39, 0.29) is 12.3 Å². The lowest BCUT2D eigenvalue weighted by Gasteiger charge is -2.15. The number of hydrogen-bond acceptors (Lipinski definition) is 2. The van der Waals surface area contributed by atoms with E-state index in [0.29, 0.717) is 6.42 Å². The molecular formula is C15H21NO3. The Balaban J connectivity index is 2.77. The molecule has 0 spiro atoms. The number of carbonyl (C=O) groups excluding carboxylic acids is 1. The fraction of sp³-hybridized carbons (Fsp3) is 0.467. The number of nitrogens with one attached hydrogen (secondary N) is 1. The molecule has 0 heterocycles. The SMILES string of the molecule is CCCC(CC(=O)O)C(=O)Nc1ccc(C)cc1C. The minimum atomic E-state index is -0.936. The molecule has 1 atom stereocenters. The normalized spacial score (nSPS) is 11.9. The first kappa shape index (κ1) is 15.2. The summed E-state index contributed by atoms with van der Waals surface area (Å²) in [5.74, 6) is -1.62. The monoisotopic (exact) mass is 263 g/mol. The molecule has 0 fully saturated rings. The third-order valence-electron chi connectivity index (χ3n) is 3.07. The van der Waals surface area contributed by atoms with Crippen molar-refractivity contribution in [1.82, 2.24) is 0 Å². The van der Waals surface area contributed by atoms with E-state index in [4.69, 9.17) is 5.11 Å². The van der Waals surface area contributed by atoms with Crippen molar-refractivity contribution in [3.8, 4) is 0 Å². The van der Waals surface area contributed by atoms with Crippen LogP contribution in [-0.2, 0) is 9.59 Å². The molecule has 1 unspecified atom stereocenters. The van der Waals surface area contributed by atoms with E-state index in [1.807, 2.05) is 39.0 Å². The molecule has 0 aliphatic heterocycles. The molecule has 104 valence electrons. The van der Waals surface area contributed by atoms with E-state index in [1.165, 1.54) is 0 Å². The summed E-state index contributed by atoms with van der Waals surface area (Å²) < 4.78 is 0. The van der Waals surface area contributed by atoms with Crippen LogP contribution in [0.2, 0.25) is 0 Å². The predicted molar refractivity (Wildman–Crippen MR) is 75.2 cm³/mol. The summed E-state index contributed by atoms with van der Waals surface area (Å²) in [7, 11) is 0. The smallest absolute Gasteiger partial charge is 0.304 e. The summed E-state index contributed by atoms with van der Waals surface area (Å²) in [6.07, 6.45) is 1.26. The van der Waals surface area contributed by atoms with Gasteiger partial charge in [0.2, 0.25) is 5.91 Å². The highest BCUT2D eigenvalue weighted by atomic mass is 16.4.